The zero-order chi connectivity index (χ0) is 19.7. The van der Waals surface area contributed by atoms with Crippen molar-refractivity contribution in [2.45, 2.75) is 59.9 Å². The van der Waals surface area contributed by atoms with E-state index in [1.165, 1.54) is 6.92 Å². The number of esters is 1. The number of halogens is 1. The highest BCUT2D eigenvalue weighted by Gasteiger charge is 2.87. The Bertz CT molecular complexity index is 799. The van der Waals surface area contributed by atoms with Gasteiger partial charge in [0.05, 0.1) is 27.7 Å². The fraction of sp³-hybridized carbons (Fsp3) is 0.789. The summed E-state index contributed by atoms with van der Waals surface area (Å²) in [6.07, 6.45) is -0.992. The molecule has 8 heteroatoms. The molecule has 4 aliphatic carbocycles. The van der Waals surface area contributed by atoms with Crippen molar-refractivity contribution >= 4 is 34.5 Å². The Labute approximate surface area is 169 Å². The van der Waals surface area contributed by atoms with E-state index >= 15 is 0 Å². The van der Waals surface area contributed by atoms with E-state index in [0.717, 1.165) is 0 Å². The number of aliphatic hydroxyl groups excluding tert-OH is 2. The number of ether oxygens (including phenoxy) is 1. The van der Waals surface area contributed by atoms with Crippen molar-refractivity contribution in [3.05, 3.63) is 12.2 Å². The van der Waals surface area contributed by atoms with E-state index in [0.29, 0.717) is 24.8 Å². The molecule has 1 aliphatic heterocycles. The van der Waals surface area contributed by atoms with Crippen molar-refractivity contribution in [1.29, 1.82) is 0 Å². The van der Waals surface area contributed by atoms with Gasteiger partial charge in [-0.05, 0) is 43.6 Å². The summed E-state index contributed by atoms with van der Waals surface area (Å²) in [6.45, 7) is 5.55. The maximum absolute atomic E-state index is 12.9. The lowest BCUT2D eigenvalue weighted by Gasteiger charge is -2.50. The first kappa shape index (κ1) is 18.3. The van der Waals surface area contributed by atoms with E-state index < -0.39 is 61.9 Å². The van der Waals surface area contributed by atoms with Crippen LogP contribution in [0.25, 0.3) is 0 Å². The van der Waals surface area contributed by atoms with Gasteiger partial charge in [0, 0.05) is 11.8 Å². The number of aliphatic carboxylic acids is 1. The van der Waals surface area contributed by atoms with Gasteiger partial charge in [-0.3, -0.25) is 9.59 Å². The Morgan fingerprint density at radius 2 is 2.04 bits per heavy atom. The van der Waals surface area contributed by atoms with E-state index in [2.05, 4.69) is 6.58 Å². The SMILES string of the molecule is C=C1C[C@]23C[C@@]1(O)CC[C@H]2[C@@]12OC(=O)[C@@](C)([C@H]1[C@@H]3C(=O)O)[C@@H](O)[C@H](O)[C@H]2I. The van der Waals surface area contributed by atoms with Gasteiger partial charge in [-0.15, -0.1) is 0 Å². The van der Waals surface area contributed by atoms with E-state index in [-0.39, 0.29) is 12.3 Å². The Morgan fingerprint density at radius 3 is 2.67 bits per heavy atom. The lowest BCUT2D eigenvalue weighted by molar-refractivity contribution is -0.165. The number of carboxylic acid groups (broad SMARTS) is 1. The summed E-state index contributed by atoms with van der Waals surface area (Å²) in [7, 11) is 0. The Morgan fingerprint density at radius 1 is 1.37 bits per heavy atom. The molecule has 7 nitrogen and oxygen atoms in total. The molecule has 0 amide bonds. The normalized spacial score (nSPS) is 60.8. The number of carboxylic acids is 1. The molecule has 0 unspecified atom stereocenters. The van der Waals surface area contributed by atoms with Crippen LogP contribution < -0.4 is 0 Å². The molecule has 5 fully saturated rings. The van der Waals surface area contributed by atoms with Crippen LogP contribution in [0.5, 0.6) is 0 Å². The third kappa shape index (κ3) is 1.65. The minimum absolute atomic E-state index is 0.280. The van der Waals surface area contributed by atoms with Crippen LogP contribution in [0.2, 0.25) is 0 Å². The predicted octanol–water partition coefficient (Wildman–Crippen LogP) is 0.635. The molecule has 4 saturated carbocycles. The molecule has 0 aromatic heterocycles. The van der Waals surface area contributed by atoms with Crippen molar-refractivity contribution in [1.82, 2.24) is 0 Å². The van der Waals surface area contributed by atoms with E-state index in [1.54, 1.807) is 0 Å². The van der Waals surface area contributed by atoms with Gasteiger partial charge in [0.2, 0.25) is 0 Å². The number of aliphatic hydroxyl groups is 3. The molecule has 148 valence electrons. The Balaban J connectivity index is 1.80. The van der Waals surface area contributed by atoms with Crippen LogP contribution in [-0.2, 0) is 14.3 Å². The van der Waals surface area contributed by atoms with Gasteiger partial charge in [-0.25, -0.2) is 0 Å². The number of hydrogen-bond donors (Lipinski definition) is 4. The monoisotopic (exact) mass is 490 g/mol. The van der Waals surface area contributed by atoms with E-state index in [4.69, 9.17) is 4.74 Å². The molecule has 0 radical (unpaired) electrons. The molecule has 0 aromatic carbocycles. The molecule has 0 aromatic rings. The summed E-state index contributed by atoms with van der Waals surface area (Å²) < 4.78 is 5.35. The van der Waals surface area contributed by atoms with Gasteiger partial charge in [-0.2, -0.15) is 0 Å². The van der Waals surface area contributed by atoms with Crippen LogP contribution >= 0.6 is 22.6 Å². The molecule has 1 heterocycles. The maximum atomic E-state index is 12.9. The summed E-state index contributed by atoms with van der Waals surface area (Å²) in [5, 5.41) is 42.8. The molecule has 1 saturated heterocycles. The molecule has 4 bridgehead atoms. The van der Waals surface area contributed by atoms with Gasteiger partial charge in [0.25, 0.3) is 0 Å². The van der Waals surface area contributed by atoms with Gasteiger partial charge >= 0.3 is 11.9 Å². The lowest BCUT2D eigenvalue weighted by Crippen LogP contribution is -2.65. The number of rotatable bonds is 1. The fourth-order valence-electron chi connectivity index (χ4n) is 7.64. The second-order valence-corrected chi connectivity index (χ2v) is 10.8. The largest absolute Gasteiger partial charge is 0.481 e. The molecule has 5 aliphatic rings. The predicted molar refractivity (Wildman–Crippen MR) is 99.8 cm³/mol. The van der Waals surface area contributed by atoms with Crippen LogP contribution in [0.4, 0.5) is 0 Å². The number of carbonyl (C=O) groups is 2. The van der Waals surface area contributed by atoms with Crippen LogP contribution in [0.15, 0.2) is 12.2 Å². The highest BCUT2D eigenvalue weighted by Crippen LogP contribution is 2.79. The summed E-state index contributed by atoms with van der Waals surface area (Å²) in [4.78, 5) is 25.4. The van der Waals surface area contributed by atoms with Gasteiger partial charge in [0.15, 0.2) is 0 Å². The third-order valence-electron chi connectivity index (χ3n) is 8.64. The standard InChI is InChI=1S/C19H23IO7/c1-7-5-17-6-18(7,26)4-3-8(17)19-11(9(17)14(23)24)16(2,15(25)27-19)13(22)10(21)12(19)20/h8-13,21-22,26H,1,3-6H2,2H3,(H,23,24)/t8-,9-,10-,11-,12-,13+,16+,17+,18+,19-/m1/s1. The lowest BCUT2D eigenvalue weighted by atomic mass is 9.58. The van der Waals surface area contributed by atoms with Gasteiger partial charge in [0.1, 0.15) is 11.0 Å². The van der Waals surface area contributed by atoms with Crippen LogP contribution in [0.3, 0.4) is 0 Å². The fourth-order valence-corrected chi connectivity index (χ4v) is 8.98. The second-order valence-electron chi connectivity index (χ2n) is 9.47. The molecule has 5 rings (SSSR count). The van der Waals surface area contributed by atoms with Crippen molar-refractivity contribution < 1.29 is 34.8 Å². The average Bonchev–Trinajstić information content (AvgIpc) is 3.04. The molecule has 10 atom stereocenters. The Kier molecular flexibility index (Phi) is 3.31. The van der Waals surface area contributed by atoms with Crippen molar-refractivity contribution in [3.63, 3.8) is 0 Å². The summed E-state index contributed by atoms with van der Waals surface area (Å²) in [5.74, 6) is -3.68. The molecule has 27 heavy (non-hydrogen) atoms. The van der Waals surface area contributed by atoms with Crippen LogP contribution in [-0.4, -0.2) is 59.7 Å². The number of carbonyl (C=O) groups excluding carboxylic acids is 1. The first-order valence-corrected chi connectivity index (χ1v) is 10.6. The average molecular weight is 490 g/mol. The van der Waals surface area contributed by atoms with Crippen LogP contribution in [0, 0.1) is 28.6 Å². The zero-order valence-corrected chi connectivity index (χ0v) is 17.0. The molecule has 1 spiro atoms. The Hall–Kier alpha value is -0.710. The zero-order valence-electron chi connectivity index (χ0n) is 14.9. The minimum atomic E-state index is -1.49. The highest BCUT2D eigenvalue weighted by molar-refractivity contribution is 14.1. The first-order valence-electron chi connectivity index (χ1n) is 9.34. The molecular weight excluding hydrogens is 467 g/mol. The van der Waals surface area contributed by atoms with E-state index in [9.17, 15) is 30.0 Å². The van der Waals surface area contributed by atoms with Gasteiger partial charge in [-0.1, -0.05) is 29.2 Å². The van der Waals surface area contributed by atoms with Crippen molar-refractivity contribution in [2.75, 3.05) is 0 Å². The summed E-state index contributed by atoms with van der Waals surface area (Å²) in [5.41, 5.74) is -3.87. The number of hydrogen-bond acceptors (Lipinski definition) is 6. The van der Waals surface area contributed by atoms with Gasteiger partial charge < -0.3 is 25.2 Å². The topological polar surface area (TPSA) is 124 Å². The number of alkyl halides is 1. The molecular formula is C19H23IO7. The highest BCUT2D eigenvalue weighted by atomic mass is 127. The van der Waals surface area contributed by atoms with E-state index in [1.807, 2.05) is 22.6 Å². The summed E-state index contributed by atoms with van der Waals surface area (Å²) >= 11 is 2.01. The second kappa shape index (κ2) is 4.88. The minimum Gasteiger partial charge on any atom is -0.481 e. The molecule has 4 N–H and O–H groups in total. The van der Waals surface area contributed by atoms with Crippen LogP contribution in [0.1, 0.15) is 32.6 Å². The summed E-state index contributed by atoms with van der Waals surface area (Å²) in [6, 6.07) is 0. The smallest absolute Gasteiger partial charge is 0.315 e. The third-order valence-corrected chi connectivity index (χ3v) is 10.3. The van der Waals surface area contributed by atoms with Crippen molar-refractivity contribution in [3.8, 4) is 0 Å². The first-order chi connectivity index (χ1) is 12.5. The van der Waals surface area contributed by atoms with Crippen molar-refractivity contribution in [2.24, 2.45) is 28.6 Å². The number of fused-ring (bicyclic) bond motifs is 1. The quantitative estimate of drug-likeness (QED) is 0.184. The maximum Gasteiger partial charge on any atom is 0.315 e.